The largest absolute Gasteiger partial charge is 0.241 e. The first-order valence-electron chi connectivity index (χ1n) is 5.56. The molecule has 2 heteroatoms. The Morgan fingerprint density at radius 3 is 2.33 bits per heavy atom. The quantitative estimate of drug-likeness (QED) is 0.727. The maximum atomic E-state index is 4.28. The van der Waals surface area contributed by atoms with Crippen molar-refractivity contribution in [3.63, 3.8) is 0 Å². The average molecular weight is 202 g/mol. The number of rotatable bonds is 2. The van der Waals surface area contributed by atoms with Crippen LogP contribution in [0.3, 0.4) is 0 Å². The number of pyridine rings is 1. The van der Waals surface area contributed by atoms with Gasteiger partial charge in [-0.2, -0.15) is 5.10 Å². The van der Waals surface area contributed by atoms with Crippen molar-refractivity contribution in [1.29, 1.82) is 0 Å². The third-order valence-electron chi connectivity index (χ3n) is 2.84. The molecule has 80 valence electrons. The molecular formula is C13H18N2. The second-order valence-electron chi connectivity index (χ2n) is 4.69. The van der Waals surface area contributed by atoms with E-state index in [-0.39, 0.29) is 0 Å². The summed E-state index contributed by atoms with van der Waals surface area (Å²) in [5.41, 5.74) is 4.03. The maximum absolute atomic E-state index is 4.28. The standard InChI is InChI=1S/C13H18N2/c1-9(2)12-7-11-5-6-14-15(11)8-13(12)10(3)4/h5-10H,1-4H3. The van der Waals surface area contributed by atoms with Gasteiger partial charge in [-0.3, -0.25) is 0 Å². The highest BCUT2D eigenvalue weighted by molar-refractivity contribution is 5.51. The second kappa shape index (κ2) is 3.69. The fourth-order valence-corrected chi connectivity index (χ4v) is 1.98. The fourth-order valence-electron chi connectivity index (χ4n) is 1.98. The number of fused-ring (bicyclic) bond motifs is 1. The van der Waals surface area contributed by atoms with Gasteiger partial charge < -0.3 is 0 Å². The van der Waals surface area contributed by atoms with E-state index in [0.717, 1.165) is 0 Å². The van der Waals surface area contributed by atoms with Crippen molar-refractivity contribution < 1.29 is 0 Å². The van der Waals surface area contributed by atoms with Gasteiger partial charge in [0.05, 0.1) is 5.52 Å². The molecule has 0 unspecified atom stereocenters. The van der Waals surface area contributed by atoms with Crippen LogP contribution in [0.25, 0.3) is 5.52 Å². The molecular weight excluding hydrogens is 184 g/mol. The Hall–Kier alpha value is -1.31. The molecule has 0 spiro atoms. The van der Waals surface area contributed by atoms with Crippen molar-refractivity contribution in [3.8, 4) is 0 Å². The van der Waals surface area contributed by atoms with Crippen molar-refractivity contribution in [2.45, 2.75) is 39.5 Å². The summed E-state index contributed by atoms with van der Waals surface area (Å²) in [6, 6.07) is 4.31. The van der Waals surface area contributed by atoms with E-state index >= 15 is 0 Å². The van der Waals surface area contributed by atoms with Gasteiger partial charge in [0.1, 0.15) is 0 Å². The number of hydrogen-bond acceptors (Lipinski definition) is 1. The predicted octanol–water partition coefficient (Wildman–Crippen LogP) is 3.58. The summed E-state index contributed by atoms with van der Waals surface area (Å²) in [5.74, 6) is 1.12. The smallest absolute Gasteiger partial charge is 0.0664 e. The van der Waals surface area contributed by atoms with Gasteiger partial charge in [-0.05, 0) is 35.1 Å². The molecule has 2 aromatic heterocycles. The molecule has 15 heavy (non-hydrogen) atoms. The van der Waals surface area contributed by atoms with E-state index in [4.69, 9.17) is 0 Å². The van der Waals surface area contributed by atoms with E-state index in [9.17, 15) is 0 Å². The molecule has 2 aromatic rings. The van der Waals surface area contributed by atoms with Crippen LogP contribution in [0.1, 0.15) is 50.7 Å². The summed E-state index contributed by atoms with van der Waals surface area (Å²) in [7, 11) is 0. The van der Waals surface area contributed by atoms with Crippen LogP contribution in [0.15, 0.2) is 24.5 Å². The summed E-state index contributed by atoms with van der Waals surface area (Å²) >= 11 is 0. The van der Waals surface area contributed by atoms with E-state index < -0.39 is 0 Å². The molecule has 0 N–H and O–H groups in total. The van der Waals surface area contributed by atoms with Crippen LogP contribution in [0.5, 0.6) is 0 Å². The monoisotopic (exact) mass is 202 g/mol. The Kier molecular flexibility index (Phi) is 2.51. The van der Waals surface area contributed by atoms with Crippen LogP contribution in [0, 0.1) is 0 Å². The summed E-state index contributed by atoms with van der Waals surface area (Å²) in [4.78, 5) is 0. The van der Waals surface area contributed by atoms with Gasteiger partial charge in [-0.25, -0.2) is 4.52 Å². The summed E-state index contributed by atoms with van der Waals surface area (Å²) in [6.07, 6.45) is 4.01. The van der Waals surface area contributed by atoms with Gasteiger partial charge >= 0.3 is 0 Å². The Morgan fingerprint density at radius 2 is 1.73 bits per heavy atom. The van der Waals surface area contributed by atoms with Crippen LogP contribution in [-0.4, -0.2) is 9.61 Å². The average Bonchev–Trinajstić information content (AvgIpc) is 2.61. The Bertz CT molecular complexity index is 424. The lowest BCUT2D eigenvalue weighted by molar-refractivity contribution is 0.771. The highest BCUT2D eigenvalue weighted by atomic mass is 15.2. The molecule has 2 heterocycles. The Balaban J connectivity index is 2.68. The topological polar surface area (TPSA) is 17.3 Å². The minimum Gasteiger partial charge on any atom is -0.241 e. The molecule has 2 rings (SSSR count). The molecule has 0 fully saturated rings. The number of nitrogens with zero attached hydrogens (tertiary/aromatic N) is 2. The molecule has 0 amide bonds. The molecule has 0 atom stereocenters. The van der Waals surface area contributed by atoms with E-state index in [1.807, 2.05) is 10.7 Å². The van der Waals surface area contributed by atoms with Crippen molar-refractivity contribution in [2.75, 3.05) is 0 Å². The molecule has 0 aliphatic heterocycles. The number of aromatic nitrogens is 2. The Morgan fingerprint density at radius 1 is 1.07 bits per heavy atom. The molecule has 0 saturated heterocycles. The highest BCUT2D eigenvalue weighted by Crippen LogP contribution is 2.27. The zero-order valence-electron chi connectivity index (χ0n) is 9.86. The van der Waals surface area contributed by atoms with Crippen LogP contribution in [0.4, 0.5) is 0 Å². The lowest BCUT2D eigenvalue weighted by Gasteiger charge is -2.16. The third-order valence-corrected chi connectivity index (χ3v) is 2.84. The van der Waals surface area contributed by atoms with E-state index in [2.05, 4.69) is 51.1 Å². The van der Waals surface area contributed by atoms with E-state index in [1.54, 1.807) is 0 Å². The van der Waals surface area contributed by atoms with E-state index in [1.165, 1.54) is 16.6 Å². The second-order valence-corrected chi connectivity index (χ2v) is 4.69. The summed E-state index contributed by atoms with van der Waals surface area (Å²) in [6.45, 7) is 8.95. The van der Waals surface area contributed by atoms with Crippen molar-refractivity contribution in [1.82, 2.24) is 9.61 Å². The predicted molar refractivity (Wildman–Crippen MR) is 63.4 cm³/mol. The van der Waals surface area contributed by atoms with Gasteiger partial charge in [0.25, 0.3) is 0 Å². The SMILES string of the molecule is CC(C)c1cc2ccnn2cc1C(C)C. The van der Waals surface area contributed by atoms with Gasteiger partial charge in [-0.15, -0.1) is 0 Å². The van der Waals surface area contributed by atoms with Crippen LogP contribution >= 0.6 is 0 Å². The number of hydrogen-bond donors (Lipinski definition) is 0. The van der Waals surface area contributed by atoms with Gasteiger partial charge in [0, 0.05) is 12.4 Å². The first-order chi connectivity index (χ1) is 7.09. The van der Waals surface area contributed by atoms with Gasteiger partial charge in [0.15, 0.2) is 0 Å². The normalized spacial score (nSPS) is 11.9. The highest BCUT2D eigenvalue weighted by Gasteiger charge is 2.11. The lowest BCUT2D eigenvalue weighted by Crippen LogP contribution is -2.02. The first-order valence-corrected chi connectivity index (χ1v) is 5.56. The van der Waals surface area contributed by atoms with Gasteiger partial charge in [0.2, 0.25) is 0 Å². The zero-order chi connectivity index (χ0) is 11.0. The molecule has 2 nitrogen and oxygen atoms in total. The van der Waals surface area contributed by atoms with Crippen LogP contribution in [0.2, 0.25) is 0 Å². The van der Waals surface area contributed by atoms with E-state index in [0.29, 0.717) is 11.8 Å². The fraction of sp³-hybridized carbons (Fsp3) is 0.462. The molecule has 0 aliphatic rings. The molecule has 0 bridgehead atoms. The lowest BCUT2D eigenvalue weighted by atomic mass is 9.92. The minimum atomic E-state index is 0.552. The maximum Gasteiger partial charge on any atom is 0.0664 e. The summed E-state index contributed by atoms with van der Waals surface area (Å²) in [5, 5.41) is 4.28. The first kappa shape index (κ1) is 10.2. The van der Waals surface area contributed by atoms with Crippen molar-refractivity contribution in [2.24, 2.45) is 0 Å². The van der Waals surface area contributed by atoms with Crippen molar-refractivity contribution in [3.05, 3.63) is 35.7 Å². The molecule has 0 aromatic carbocycles. The zero-order valence-corrected chi connectivity index (χ0v) is 9.86. The minimum absolute atomic E-state index is 0.552. The Labute approximate surface area is 90.9 Å². The van der Waals surface area contributed by atoms with Crippen molar-refractivity contribution >= 4 is 5.52 Å². The molecule has 0 radical (unpaired) electrons. The third kappa shape index (κ3) is 1.76. The molecule has 0 aliphatic carbocycles. The van der Waals surface area contributed by atoms with Crippen LogP contribution < -0.4 is 0 Å². The summed E-state index contributed by atoms with van der Waals surface area (Å²) < 4.78 is 1.96. The van der Waals surface area contributed by atoms with Crippen LogP contribution in [-0.2, 0) is 0 Å². The molecule has 0 saturated carbocycles. The van der Waals surface area contributed by atoms with Gasteiger partial charge in [-0.1, -0.05) is 27.7 Å².